The van der Waals surface area contributed by atoms with Crippen LogP contribution in [0.25, 0.3) is 0 Å². The molecule has 0 fully saturated rings. The van der Waals surface area contributed by atoms with Gasteiger partial charge in [0.25, 0.3) is 5.56 Å². The lowest BCUT2D eigenvalue weighted by molar-refractivity contribution is -0.141. The lowest BCUT2D eigenvalue weighted by Crippen LogP contribution is -2.31. The highest BCUT2D eigenvalue weighted by molar-refractivity contribution is 9.10. The van der Waals surface area contributed by atoms with Gasteiger partial charge in [0.05, 0.1) is 19.0 Å². The number of hydrogen-bond donors (Lipinski definition) is 1. The monoisotopic (exact) mass is 318 g/mol. The Morgan fingerprint density at radius 1 is 1.67 bits per heavy atom. The molecule has 18 heavy (non-hydrogen) atoms. The van der Waals surface area contributed by atoms with Crippen LogP contribution in [0.15, 0.2) is 15.5 Å². The van der Waals surface area contributed by atoms with Crippen molar-refractivity contribution >= 4 is 27.6 Å². The van der Waals surface area contributed by atoms with Crippen molar-refractivity contribution in [1.82, 2.24) is 9.78 Å². The van der Waals surface area contributed by atoms with Gasteiger partial charge in [-0.2, -0.15) is 5.10 Å². The van der Waals surface area contributed by atoms with Crippen molar-refractivity contribution in [2.24, 2.45) is 5.73 Å². The number of nitrogens with two attached hydrogens (primary N) is 1. The molecule has 1 aromatic heterocycles. The number of esters is 1. The van der Waals surface area contributed by atoms with Crippen LogP contribution in [0, 0.1) is 0 Å². The molecule has 1 aromatic rings. The van der Waals surface area contributed by atoms with Crippen molar-refractivity contribution in [2.75, 3.05) is 32.1 Å². The number of halogens is 1. The zero-order valence-electron chi connectivity index (χ0n) is 10.2. The number of likely N-dealkylation sites (N-methyl/N-ethyl adjacent to an activating group) is 1. The summed E-state index contributed by atoms with van der Waals surface area (Å²) in [6.45, 7) is 0.851. The van der Waals surface area contributed by atoms with E-state index >= 15 is 0 Å². The number of ether oxygens (including phenoxy) is 1. The summed E-state index contributed by atoms with van der Waals surface area (Å²) in [5, 5.41) is 3.92. The van der Waals surface area contributed by atoms with Gasteiger partial charge in [0.15, 0.2) is 0 Å². The van der Waals surface area contributed by atoms with E-state index in [-0.39, 0.29) is 12.1 Å². The first kappa shape index (κ1) is 14.7. The molecule has 0 aliphatic heterocycles. The van der Waals surface area contributed by atoms with E-state index in [0.717, 1.165) is 4.68 Å². The molecule has 0 aliphatic carbocycles. The maximum absolute atomic E-state index is 11.9. The summed E-state index contributed by atoms with van der Waals surface area (Å²) in [4.78, 5) is 24.8. The SMILES string of the molecule is COC(=O)Cn1ncc(N(C)CCN)c(Br)c1=O. The maximum atomic E-state index is 11.9. The normalized spacial score (nSPS) is 10.2. The minimum Gasteiger partial charge on any atom is -0.468 e. The number of hydrogen-bond acceptors (Lipinski definition) is 6. The zero-order chi connectivity index (χ0) is 13.7. The van der Waals surface area contributed by atoms with Crippen LogP contribution in [-0.2, 0) is 16.1 Å². The molecule has 2 N–H and O–H groups in total. The molecule has 0 aromatic carbocycles. The molecule has 0 amide bonds. The van der Waals surface area contributed by atoms with Crippen LogP contribution in [0.1, 0.15) is 0 Å². The second-order valence-electron chi connectivity index (χ2n) is 3.59. The average molecular weight is 319 g/mol. The van der Waals surface area contributed by atoms with Crippen LogP contribution in [0.5, 0.6) is 0 Å². The number of aromatic nitrogens is 2. The molecular formula is C10H15BrN4O3. The molecule has 0 atom stereocenters. The Hall–Kier alpha value is -1.41. The van der Waals surface area contributed by atoms with E-state index in [9.17, 15) is 9.59 Å². The summed E-state index contributed by atoms with van der Waals surface area (Å²) < 4.78 is 5.87. The van der Waals surface area contributed by atoms with Gasteiger partial charge in [-0.05, 0) is 15.9 Å². The Bertz CT molecular complexity index is 489. The lowest BCUT2D eigenvalue weighted by Gasteiger charge is -2.19. The Kier molecular flexibility index (Phi) is 5.29. The summed E-state index contributed by atoms with van der Waals surface area (Å²) in [6, 6.07) is 0. The number of carbonyl (C=O) groups is 1. The van der Waals surface area contributed by atoms with Crippen molar-refractivity contribution in [1.29, 1.82) is 0 Å². The van der Waals surface area contributed by atoms with Crippen LogP contribution in [-0.4, -0.2) is 43.0 Å². The van der Waals surface area contributed by atoms with E-state index < -0.39 is 5.97 Å². The van der Waals surface area contributed by atoms with Crippen LogP contribution in [0.3, 0.4) is 0 Å². The topological polar surface area (TPSA) is 90.5 Å². The second-order valence-corrected chi connectivity index (χ2v) is 4.39. The number of nitrogens with zero attached hydrogens (tertiary/aromatic N) is 3. The van der Waals surface area contributed by atoms with Crippen LogP contribution >= 0.6 is 15.9 Å². The van der Waals surface area contributed by atoms with Crippen molar-refractivity contribution < 1.29 is 9.53 Å². The second kappa shape index (κ2) is 6.50. The summed E-state index contributed by atoms with van der Waals surface area (Å²) >= 11 is 3.21. The first-order valence-electron chi connectivity index (χ1n) is 5.25. The molecule has 8 heteroatoms. The highest BCUT2D eigenvalue weighted by atomic mass is 79.9. The minimum atomic E-state index is -0.528. The number of methoxy groups -OCH3 is 1. The molecule has 0 aliphatic rings. The first-order chi connectivity index (χ1) is 8.51. The highest BCUT2D eigenvalue weighted by Gasteiger charge is 2.13. The third-order valence-electron chi connectivity index (χ3n) is 2.35. The summed E-state index contributed by atoms with van der Waals surface area (Å²) in [5.74, 6) is -0.528. The molecule has 100 valence electrons. The average Bonchev–Trinajstić information content (AvgIpc) is 2.35. The fraction of sp³-hybridized carbons (Fsp3) is 0.500. The van der Waals surface area contributed by atoms with Crippen molar-refractivity contribution in [3.63, 3.8) is 0 Å². The van der Waals surface area contributed by atoms with Crippen LogP contribution in [0.2, 0.25) is 0 Å². The smallest absolute Gasteiger partial charge is 0.327 e. The predicted octanol–water partition coefficient (Wildman–Crippen LogP) is -0.426. The Labute approximate surface area is 113 Å². The minimum absolute atomic E-state index is 0.213. The molecule has 0 bridgehead atoms. The third kappa shape index (κ3) is 3.30. The van der Waals surface area contributed by atoms with Crippen molar-refractivity contribution in [2.45, 2.75) is 6.54 Å². The maximum Gasteiger partial charge on any atom is 0.327 e. The molecule has 0 saturated heterocycles. The third-order valence-corrected chi connectivity index (χ3v) is 3.09. The van der Waals surface area contributed by atoms with Gasteiger partial charge in [-0.15, -0.1) is 0 Å². The number of rotatable bonds is 5. The zero-order valence-corrected chi connectivity index (χ0v) is 11.8. The lowest BCUT2D eigenvalue weighted by atomic mass is 10.4. The van der Waals surface area contributed by atoms with Gasteiger partial charge in [0.2, 0.25) is 0 Å². The van der Waals surface area contributed by atoms with Crippen molar-refractivity contribution in [3.05, 3.63) is 21.0 Å². The van der Waals surface area contributed by atoms with E-state index in [1.54, 1.807) is 11.9 Å². The Morgan fingerprint density at radius 2 is 2.33 bits per heavy atom. The van der Waals surface area contributed by atoms with E-state index in [1.807, 2.05) is 0 Å². The Balaban J connectivity index is 3.05. The van der Waals surface area contributed by atoms with Gasteiger partial charge in [-0.25, -0.2) is 4.68 Å². The van der Waals surface area contributed by atoms with Crippen molar-refractivity contribution in [3.8, 4) is 0 Å². The number of anilines is 1. The van der Waals surface area contributed by atoms with Gasteiger partial charge in [0, 0.05) is 20.1 Å². The van der Waals surface area contributed by atoms with Gasteiger partial charge in [-0.1, -0.05) is 0 Å². The fourth-order valence-electron chi connectivity index (χ4n) is 1.34. The molecular weight excluding hydrogens is 304 g/mol. The van der Waals surface area contributed by atoms with Crippen LogP contribution in [0.4, 0.5) is 5.69 Å². The van der Waals surface area contributed by atoms with Gasteiger partial charge in [-0.3, -0.25) is 9.59 Å². The van der Waals surface area contributed by atoms with E-state index in [1.165, 1.54) is 13.3 Å². The highest BCUT2D eigenvalue weighted by Crippen LogP contribution is 2.19. The van der Waals surface area contributed by atoms with Crippen LogP contribution < -0.4 is 16.2 Å². The molecule has 1 rings (SSSR count). The first-order valence-corrected chi connectivity index (χ1v) is 6.04. The van der Waals surface area contributed by atoms with E-state index in [4.69, 9.17) is 5.73 Å². The summed E-state index contributed by atoms with van der Waals surface area (Å²) in [7, 11) is 3.06. The predicted molar refractivity (Wildman–Crippen MR) is 70.5 cm³/mol. The van der Waals surface area contributed by atoms with E-state index in [2.05, 4.69) is 25.8 Å². The van der Waals surface area contributed by atoms with Gasteiger partial charge >= 0.3 is 5.97 Å². The van der Waals surface area contributed by atoms with E-state index in [0.29, 0.717) is 23.2 Å². The Morgan fingerprint density at radius 3 is 2.89 bits per heavy atom. The van der Waals surface area contributed by atoms with Gasteiger partial charge < -0.3 is 15.4 Å². The molecule has 7 nitrogen and oxygen atoms in total. The molecule has 0 unspecified atom stereocenters. The fourth-order valence-corrected chi connectivity index (χ4v) is 1.95. The summed E-state index contributed by atoms with van der Waals surface area (Å²) in [5.41, 5.74) is 5.69. The largest absolute Gasteiger partial charge is 0.468 e. The molecule has 0 radical (unpaired) electrons. The molecule has 1 heterocycles. The number of carbonyl (C=O) groups excluding carboxylic acids is 1. The molecule has 0 saturated carbocycles. The quantitative estimate of drug-likeness (QED) is 0.741. The standard InChI is InChI=1S/C10H15BrN4O3/c1-14(4-3-12)7-5-13-15(6-8(16)18-2)10(17)9(7)11/h5H,3-4,6,12H2,1-2H3. The summed E-state index contributed by atoms with van der Waals surface area (Å²) in [6.07, 6.45) is 1.50. The molecule has 0 spiro atoms. The van der Waals surface area contributed by atoms with Gasteiger partial charge in [0.1, 0.15) is 11.0 Å².